The Morgan fingerprint density at radius 3 is 2.53 bits per heavy atom. The van der Waals surface area contributed by atoms with E-state index in [9.17, 15) is 13.6 Å². The molecule has 0 radical (unpaired) electrons. The molecule has 19 heavy (non-hydrogen) atoms. The number of hydrogen-bond acceptors (Lipinski definition) is 2. The van der Waals surface area contributed by atoms with Crippen LogP contribution >= 0.6 is 0 Å². The van der Waals surface area contributed by atoms with Crippen LogP contribution in [0.2, 0.25) is 0 Å². The summed E-state index contributed by atoms with van der Waals surface area (Å²) in [6.45, 7) is -0.346. The van der Waals surface area contributed by atoms with Gasteiger partial charge in [0.15, 0.2) is 0 Å². The van der Waals surface area contributed by atoms with Crippen LogP contribution < -0.4 is 5.32 Å². The van der Waals surface area contributed by atoms with E-state index >= 15 is 0 Å². The summed E-state index contributed by atoms with van der Waals surface area (Å²) in [7, 11) is 0. The fourth-order valence-electron chi connectivity index (χ4n) is 3.55. The third kappa shape index (κ3) is 3.88. The highest BCUT2D eigenvalue weighted by Crippen LogP contribution is 2.42. The fraction of sp³-hybridized carbons (Fsp3) is 0.929. The fourth-order valence-corrected chi connectivity index (χ4v) is 3.55. The lowest BCUT2D eigenvalue weighted by Crippen LogP contribution is -2.41. The van der Waals surface area contributed by atoms with Crippen molar-refractivity contribution in [3.05, 3.63) is 0 Å². The molecule has 5 heteroatoms. The number of carbonyl (C=O) groups excluding carboxylic acids is 1. The van der Waals surface area contributed by atoms with Gasteiger partial charge in [0.25, 0.3) is 6.43 Å². The van der Waals surface area contributed by atoms with Gasteiger partial charge in [0, 0.05) is 12.5 Å². The van der Waals surface area contributed by atoms with Gasteiger partial charge in [0.2, 0.25) is 5.91 Å². The van der Waals surface area contributed by atoms with Crippen LogP contribution in [0.3, 0.4) is 0 Å². The topological polar surface area (TPSA) is 49.3 Å². The molecular weight excluding hydrogens is 252 g/mol. The summed E-state index contributed by atoms with van der Waals surface area (Å²) >= 11 is 0. The second-order valence-electron chi connectivity index (χ2n) is 5.96. The van der Waals surface area contributed by atoms with Gasteiger partial charge in [-0.15, -0.1) is 0 Å². The first-order valence-corrected chi connectivity index (χ1v) is 7.32. The van der Waals surface area contributed by atoms with Crippen LogP contribution in [-0.2, 0) is 4.79 Å². The molecule has 0 aromatic rings. The molecule has 2 N–H and O–H groups in total. The van der Waals surface area contributed by atoms with Gasteiger partial charge < -0.3 is 10.4 Å². The molecule has 0 aromatic heterocycles. The second-order valence-corrected chi connectivity index (χ2v) is 5.96. The van der Waals surface area contributed by atoms with E-state index in [1.54, 1.807) is 0 Å². The van der Waals surface area contributed by atoms with Crippen LogP contribution in [0.1, 0.15) is 44.9 Å². The molecule has 0 aliphatic heterocycles. The van der Waals surface area contributed by atoms with Crippen molar-refractivity contribution in [2.45, 2.75) is 57.5 Å². The van der Waals surface area contributed by atoms with Gasteiger partial charge in [-0.3, -0.25) is 4.79 Å². The predicted octanol–water partition coefficient (Wildman–Crippen LogP) is 2.34. The molecule has 2 fully saturated rings. The molecular formula is C14H23F2NO2. The lowest BCUT2D eigenvalue weighted by atomic mass is 9.67. The molecule has 4 atom stereocenters. The van der Waals surface area contributed by atoms with E-state index in [0.29, 0.717) is 5.92 Å². The van der Waals surface area contributed by atoms with Crippen molar-refractivity contribution >= 4 is 5.91 Å². The van der Waals surface area contributed by atoms with Crippen LogP contribution in [0.15, 0.2) is 0 Å². The Morgan fingerprint density at radius 2 is 1.84 bits per heavy atom. The van der Waals surface area contributed by atoms with Crippen molar-refractivity contribution in [1.29, 1.82) is 0 Å². The Hall–Kier alpha value is -0.710. The third-order valence-electron chi connectivity index (χ3n) is 4.69. The molecule has 0 spiro atoms. The molecule has 0 heterocycles. The Labute approximate surface area is 112 Å². The number of fused-ring (bicyclic) bond motifs is 1. The molecule has 2 saturated carbocycles. The first kappa shape index (κ1) is 14.7. The van der Waals surface area contributed by atoms with E-state index in [2.05, 4.69) is 5.32 Å². The van der Waals surface area contributed by atoms with E-state index in [0.717, 1.165) is 25.2 Å². The largest absolute Gasteiger partial charge is 0.385 e. The first-order chi connectivity index (χ1) is 9.08. The SMILES string of the molecule is O=C(NCC(O)C(F)F)C1CCC2CCCCC2C1. The molecule has 0 aromatic carbocycles. The molecule has 3 nitrogen and oxygen atoms in total. The number of amides is 1. The van der Waals surface area contributed by atoms with Crippen LogP contribution in [0.25, 0.3) is 0 Å². The van der Waals surface area contributed by atoms with Gasteiger partial charge in [-0.05, 0) is 31.1 Å². The monoisotopic (exact) mass is 275 g/mol. The highest BCUT2D eigenvalue weighted by Gasteiger charge is 2.35. The van der Waals surface area contributed by atoms with Crippen molar-refractivity contribution in [1.82, 2.24) is 5.32 Å². The number of nitrogens with one attached hydrogen (secondary N) is 1. The number of alkyl halides is 2. The minimum Gasteiger partial charge on any atom is -0.385 e. The van der Waals surface area contributed by atoms with E-state index < -0.39 is 12.5 Å². The summed E-state index contributed by atoms with van der Waals surface area (Å²) in [6.07, 6.45) is 3.32. The van der Waals surface area contributed by atoms with E-state index in [1.807, 2.05) is 0 Å². The molecule has 0 saturated heterocycles. The van der Waals surface area contributed by atoms with Gasteiger partial charge in [-0.1, -0.05) is 25.7 Å². The number of aliphatic hydroxyl groups is 1. The molecule has 110 valence electrons. The number of rotatable bonds is 4. The minimum atomic E-state index is -2.80. The van der Waals surface area contributed by atoms with Crippen molar-refractivity contribution in [3.8, 4) is 0 Å². The maximum atomic E-state index is 12.1. The van der Waals surface area contributed by atoms with E-state index in [-0.39, 0.29) is 18.4 Å². The smallest absolute Gasteiger partial charge is 0.265 e. The van der Waals surface area contributed by atoms with Gasteiger partial charge in [-0.25, -0.2) is 8.78 Å². The lowest BCUT2D eigenvalue weighted by Gasteiger charge is -2.38. The Morgan fingerprint density at radius 1 is 1.16 bits per heavy atom. The van der Waals surface area contributed by atoms with Gasteiger partial charge in [-0.2, -0.15) is 0 Å². The summed E-state index contributed by atoms with van der Waals surface area (Å²) in [5.41, 5.74) is 0. The maximum Gasteiger partial charge on any atom is 0.265 e. The number of hydrogen-bond donors (Lipinski definition) is 2. The molecule has 0 bridgehead atoms. The van der Waals surface area contributed by atoms with Crippen molar-refractivity contribution in [2.24, 2.45) is 17.8 Å². The Balaban J connectivity index is 1.77. The van der Waals surface area contributed by atoms with Gasteiger partial charge >= 0.3 is 0 Å². The van der Waals surface area contributed by atoms with E-state index in [4.69, 9.17) is 5.11 Å². The Bertz CT molecular complexity index is 312. The quantitative estimate of drug-likeness (QED) is 0.827. The van der Waals surface area contributed by atoms with Crippen molar-refractivity contribution < 1.29 is 18.7 Å². The Kier molecular flexibility index (Phi) is 5.13. The molecule has 1 amide bonds. The van der Waals surface area contributed by atoms with E-state index in [1.165, 1.54) is 25.7 Å². The van der Waals surface area contributed by atoms with Crippen LogP contribution in [0, 0.1) is 17.8 Å². The zero-order chi connectivity index (χ0) is 13.8. The molecule has 2 aliphatic carbocycles. The average molecular weight is 275 g/mol. The van der Waals surface area contributed by atoms with Crippen molar-refractivity contribution in [3.63, 3.8) is 0 Å². The summed E-state index contributed by atoms with van der Waals surface area (Å²) in [5, 5.41) is 11.5. The number of halogens is 2. The normalized spacial score (nSPS) is 32.7. The summed E-state index contributed by atoms with van der Waals surface area (Å²) in [5.74, 6) is 1.19. The zero-order valence-electron chi connectivity index (χ0n) is 11.2. The first-order valence-electron chi connectivity index (χ1n) is 7.32. The summed E-state index contributed by atoms with van der Waals surface area (Å²) in [4.78, 5) is 11.9. The average Bonchev–Trinajstić information content (AvgIpc) is 2.43. The lowest BCUT2D eigenvalue weighted by molar-refractivity contribution is -0.128. The highest BCUT2D eigenvalue weighted by molar-refractivity contribution is 5.78. The van der Waals surface area contributed by atoms with Crippen LogP contribution in [-0.4, -0.2) is 30.1 Å². The van der Waals surface area contributed by atoms with Crippen LogP contribution in [0.5, 0.6) is 0 Å². The highest BCUT2D eigenvalue weighted by atomic mass is 19.3. The standard InChI is InChI=1S/C14H23F2NO2/c15-13(16)12(18)8-17-14(19)11-6-5-9-3-1-2-4-10(9)7-11/h9-13,18H,1-8H2,(H,17,19). The molecule has 2 aliphatic rings. The van der Waals surface area contributed by atoms with Gasteiger partial charge in [0.05, 0.1) is 0 Å². The second kappa shape index (κ2) is 6.64. The zero-order valence-corrected chi connectivity index (χ0v) is 11.2. The third-order valence-corrected chi connectivity index (χ3v) is 4.69. The summed E-state index contributed by atoms with van der Waals surface area (Å²) < 4.78 is 24.3. The number of carbonyl (C=O) groups is 1. The predicted molar refractivity (Wildman–Crippen MR) is 67.8 cm³/mol. The van der Waals surface area contributed by atoms with Crippen molar-refractivity contribution in [2.75, 3.05) is 6.54 Å². The molecule has 4 unspecified atom stereocenters. The maximum absolute atomic E-state index is 12.1. The molecule has 2 rings (SSSR count). The van der Waals surface area contributed by atoms with Crippen LogP contribution in [0.4, 0.5) is 8.78 Å². The number of aliphatic hydroxyl groups excluding tert-OH is 1. The minimum absolute atomic E-state index is 0.0516. The summed E-state index contributed by atoms with van der Waals surface area (Å²) in [6, 6.07) is 0. The van der Waals surface area contributed by atoms with Gasteiger partial charge in [0.1, 0.15) is 6.10 Å².